The fourth-order valence-corrected chi connectivity index (χ4v) is 2.97. The molecule has 1 heterocycles. The van der Waals surface area contributed by atoms with E-state index < -0.39 is 6.61 Å². The first-order valence-electron chi connectivity index (χ1n) is 9.54. The van der Waals surface area contributed by atoms with Gasteiger partial charge in [-0.1, -0.05) is 6.08 Å². The van der Waals surface area contributed by atoms with Gasteiger partial charge in [0.25, 0.3) is 0 Å². The van der Waals surface area contributed by atoms with Gasteiger partial charge in [-0.05, 0) is 37.1 Å². The Morgan fingerprint density at radius 2 is 2.14 bits per heavy atom. The van der Waals surface area contributed by atoms with Crippen molar-refractivity contribution in [3.63, 3.8) is 0 Å². The largest absolute Gasteiger partial charge is 0.435 e. The van der Waals surface area contributed by atoms with Crippen molar-refractivity contribution in [2.24, 2.45) is 4.99 Å². The van der Waals surface area contributed by atoms with Crippen LogP contribution in [-0.2, 0) is 4.79 Å². The molecule has 160 valence electrons. The Bertz CT molecular complexity index is 695. The molecule has 0 saturated carbocycles. The Kier molecular flexibility index (Phi) is 8.69. The number of anilines is 1. The molecular weight excluding hydrogens is 380 g/mol. The Hall–Kier alpha value is -2.84. The van der Waals surface area contributed by atoms with Gasteiger partial charge >= 0.3 is 6.61 Å². The second-order valence-electron chi connectivity index (χ2n) is 6.92. The van der Waals surface area contributed by atoms with Crippen LogP contribution in [0.2, 0.25) is 0 Å². The van der Waals surface area contributed by atoms with E-state index in [2.05, 4.69) is 31.8 Å². The number of halogens is 2. The highest BCUT2D eigenvalue weighted by Gasteiger charge is 2.21. The van der Waals surface area contributed by atoms with E-state index in [0.717, 1.165) is 31.6 Å². The second kappa shape index (κ2) is 11.2. The smallest absolute Gasteiger partial charge is 0.387 e. The summed E-state index contributed by atoms with van der Waals surface area (Å²) in [6.07, 6.45) is 3.65. The number of hydrogen-bond acceptors (Lipinski definition) is 4. The van der Waals surface area contributed by atoms with Crippen molar-refractivity contribution in [3.05, 3.63) is 36.9 Å². The molecule has 1 aromatic carbocycles. The van der Waals surface area contributed by atoms with Crippen LogP contribution < -0.4 is 20.3 Å². The molecule has 0 bridgehead atoms. The van der Waals surface area contributed by atoms with E-state index in [1.54, 1.807) is 44.4 Å². The number of carbonyl (C=O) groups excluding carboxylic acids is 1. The van der Waals surface area contributed by atoms with E-state index in [4.69, 9.17) is 0 Å². The summed E-state index contributed by atoms with van der Waals surface area (Å²) in [5.41, 5.74) is 0.943. The van der Waals surface area contributed by atoms with E-state index in [0.29, 0.717) is 12.5 Å². The molecule has 0 aliphatic carbocycles. The average Bonchev–Trinajstić information content (AvgIpc) is 2.70. The molecule has 0 aromatic heterocycles. The minimum atomic E-state index is -2.83. The number of aliphatic imine (C=N–C) groups is 1. The molecule has 7 nitrogen and oxygen atoms in total. The molecule has 1 atom stereocenters. The molecule has 0 spiro atoms. The van der Waals surface area contributed by atoms with Gasteiger partial charge in [0.1, 0.15) is 12.3 Å². The number of carbonyl (C=O) groups is 1. The summed E-state index contributed by atoms with van der Waals surface area (Å²) in [5, 5.41) is 6.51. The molecule has 2 rings (SSSR count). The van der Waals surface area contributed by atoms with Crippen molar-refractivity contribution in [3.8, 4) is 5.75 Å². The lowest BCUT2D eigenvalue weighted by molar-refractivity contribution is -0.127. The van der Waals surface area contributed by atoms with E-state index >= 15 is 0 Å². The van der Waals surface area contributed by atoms with Crippen molar-refractivity contribution in [1.82, 2.24) is 15.5 Å². The average molecular weight is 409 g/mol. The Morgan fingerprint density at radius 1 is 1.41 bits per heavy atom. The Morgan fingerprint density at radius 3 is 2.76 bits per heavy atom. The Labute approximate surface area is 170 Å². The van der Waals surface area contributed by atoms with Crippen molar-refractivity contribution in [1.29, 1.82) is 0 Å². The third kappa shape index (κ3) is 7.59. The van der Waals surface area contributed by atoms with Crippen molar-refractivity contribution < 1.29 is 18.3 Å². The monoisotopic (exact) mass is 409 g/mol. The zero-order valence-corrected chi connectivity index (χ0v) is 16.9. The minimum Gasteiger partial charge on any atom is -0.435 e. The molecule has 1 aliphatic heterocycles. The summed E-state index contributed by atoms with van der Waals surface area (Å²) >= 11 is 0. The standard InChI is InChI=1S/C20H29F2N5O2/c1-4-11-23-20(24-13-18(28)26(2)3)25-15-6-5-12-27(14-15)16-7-9-17(10-8-16)29-19(21)22/h4,7-10,15,19H,1,5-6,11-14H2,2-3H3,(H2,23,24,25). The van der Waals surface area contributed by atoms with Crippen LogP contribution in [0.1, 0.15) is 12.8 Å². The molecule has 29 heavy (non-hydrogen) atoms. The van der Waals surface area contributed by atoms with Gasteiger partial charge < -0.3 is 25.2 Å². The maximum Gasteiger partial charge on any atom is 0.387 e. The molecule has 1 saturated heterocycles. The summed E-state index contributed by atoms with van der Waals surface area (Å²) < 4.78 is 29.0. The first-order chi connectivity index (χ1) is 13.9. The van der Waals surface area contributed by atoms with Gasteiger partial charge in [0.2, 0.25) is 5.91 Å². The van der Waals surface area contributed by atoms with Gasteiger partial charge in [-0.25, -0.2) is 4.99 Å². The van der Waals surface area contributed by atoms with Gasteiger partial charge in [-0.3, -0.25) is 4.79 Å². The predicted octanol–water partition coefficient (Wildman–Crippen LogP) is 2.07. The second-order valence-corrected chi connectivity index (χ2v) is 6.92. The third-order valence-electron chi connectivity index (χ3n) is 4.47. The van der Waals surface area contributed by atoms with Crippen LogP contribution in [0.15, 0.2) is 41.9 Å². The molecule has 9 heteroatoms. The number of nitrogens with zero attached hydrogens (tertiary/aromatic N) is 3. The van der Waals surface area contributed by atoms with Crippen LogP contribution in [-0.4, -0.2) is 69.7 Å². The minimum absolute atomic E-state index is 0.0571. The van der Waals surface area contributed by atoms with Crippen LogP contribution in [0.25, 0.3) is 0 Å². The molecule has 0 radical (unpaired) electrons. The van der Waals surface area contributed by atoms with Crippen LogP contribution in [0.5, 0.6) is 5.75 Å². The summed E-state index contributed by atoms with van der Waals surface area (Å²) in [6.45, 7) is 3.06. The normalized spacial score (nSPS) is 17.1. The quantitative estimate of drug-likeness (QED) is 0.391. The van der Waals surface area contributed by atoms with Crippen molar-refractivity contribution in [2.75, 3.05) is 45.2 Å². The maximum atomic E-state index is 12.3. The fourth-order valence-electron chi connectivity index (χ4n) is 2.97. The van der Waals surface area contributed by atoms with Crippen LogP contribution in [0.3, 0.4) is 0 Å². The van der Waals surface area contributed by atoms with E-state index in [9.17, 15) is 13.6 Å². The van der Waals surface area contributed by atoms with Crippen LogP contribution in [0, 0.1) is 0 Å². The number of benzene rings is 1. The third-order valence-corrected chi connectivity index (χ3v) is 4.47. The summed E-state index contributed by atoms with van der Waals surface area (Å²) in [5.74, 6) is 0.623. The van der Waals surface area contributed by atoms with Gasteiger partial charge in [-0.2, -0.15) is 8.78 Å². The van der Waals surface area contributed by atoms with E-state index in [1.165, 1.54) is 4.90 Å². The maximum absolute atomic E-state index is 12.3. The lowest BCUT2D eigenvalue weighted by atomic mass is 10.0. The number of guanidine groups is 1. The van der Waals surface area contributed by atoms with Gasteiger partial charge in [0, 0.05) is 45.5 Å². The van der Waals surface area contributed by atoms with Gasteiger partial charge in [0.05, 0.1) is 0 Å². The predicted molar refractivity (Wildman–Crippen MR) is 111 cm³/mol. The highest BCUT2D eigenvalue weighted by Crippen LogP contribution is 2.23. The number of nitrogens with one attached hydrogen (secondary N) is 2. The molecular formula is C20H29F2N5O2. The number of rotatable bonds is 8. The summed E-state index contributed by atoms with van der Waals surface area (Å²) in [4.78, 5) is 19.9. The number of ether oxygens (including phenoxy) is 1. The highest BCUT2D eigenvalue weighted by atomic mass is 19.3. The molecule has 1 unspecified atom stereocenters. The highest BCUT2D eigenvalue weighted by molar-refractivity contribution is 5.85. The fraction of sp³-hybridized carbons (Fsp3) is 0.500. The lowest BCUT2D eigenvalue weighted by Gasteiger charge is -2.35. The summed E-state index contributed by atoms with van der Waals surface area (Å²) in [7, 11) is 3.39. The Balaban J connectivity index is 1.99. The summed E-state index contributed by atoms with van der Waals surface area (Å²) in [6, 6.07) is 6.78. The topological polar surface area (TPSA) is 69.2 Å². The molecule has 1 aliphatic rings. The lowest BCUT2D eigenvalue weighted by Crippen LogP contribution is -2.51. The van der Waals surface area contributed by atoms with Gasteiger partial charge in [0.15, 0.2) is 5.96 Å². The van der Waals surface area contributed by atoms with Crippen molar-refractivity contribution >= 4 is 17.6 Å². The van der Waals surface area contributed by atoms with Crippen LogP contribution in [0.4, 0.5) is 14.5 Å². The number of amides is 1. The van der Waals surface area contributed by atoms with Gasteiger partial charge in [-0.15, -0.1) is 6.58 Å². The molecule has 2 N–H and O–H groups in total. The van der Waals surface area contributed by atoms with Crippen molar-refractivity contribution in [2.45, 2.75) is 25.5 Å². The number of likely N-dealkylation sites (N-methyl/N-ethyl adjacent to an activating group) is 1. The number of alkyl halides is 2. The first kappa shape index (κ1) is 22.4. The number of piperidine rings is 1. The number of hydrogen-bond donors (Lipinski definition) is 2. The molecule has 1 fully saturated rings. The molecule has 1 amide bonds. The van der Waals surface area contributed by atoms with Crippen LogP contribution >= 0.6 is 0 Å². The SMILES string of the molecule is C=CCNC(=NCC(=O)N(C)C)NC1CCCN(c2ccc(OC(F)F)cc2)C1. The first-order valence-corrected chi connectivity index (χ1v) is 9.54. The van der Waals surface area contributed by atoms with E-state index in [1.807, 2.05) is 0 Å². The molecule has 1 aromatic rings. The zero-order valence-electron chi connectivity index (χ0n) is 16.9. The van der Waals surface area contributed by atoms with E-state index in [-0.39, 0.29) is 24.2 Å². The zero-order chi connectivity index (χ0) is 21.2.